The van der Waals surface area contributed by atoms with Crippen LogP contribution in [0.15, 0.2) is 54.6 Å². The first-order valence-electron chi connectivity index (χ1n) is 20.2. The number of carbonyl (C=O) groups is 3. The smallest absolute Gasteiger partial charge is 0.331 e. The summed E-state index contributed by atoms with van der Waals surface area (Å²) in [6.07, 6.45) is -8.68. The van der Waals surface area contributed by atoms with Crippen LogP contribution < -0.4 is 28.4 Å². The molecule has 0 spiro atoms. The summed E-state index contributed by atoms with van der Waals surface area (Å²) in [5.41, 5.74) is 0.906. The predicted octanol–water partition coefficient (Wildman–Crippen LogP) is 0.566. The molecule has 23 heteroatoms. The molecular weight excluding hydrogens is 908 g/mol. The van der Waals surface area contributed by atoms with E-state index in [4.69, 9.17) is 56.8 Å². The number of benzene rings is 3. The summed E-state index contributed by atoms with van der Waals surface area (Å²) in [7, 11) is 7.78. The molecule has 8 N–H and O–H groups in total. The first-order chi connectivity index (χ1) is 32.5. The average molecular weight is 961 g/mol. The molecule has 9 atom stereocenters. The second kappa shape index (κ2) is 23.3. The minimum Gasteiger partial charge on any atom is -0.502 e. The average Bonchev–Trinajstić information content (AvgIpc) is 3.62. The molecule has 2 aliphatic rings. The lowest BCUT2D eigenvalue weighted by Gasteiger charge is -2.43. The number of rotatable bonds is 20. The topological polar surface area (TPSA) is 324 Å². The lowest BCUT2D eigenvalue weighted by molar-refractivity contribution is -0.383. The van der Waals surface area contributed by atoms with Gasteiger partial charge in [0.25, 0.3) is 0 Å². The highest BCUT2D eigenvalue weighted by molar-refractivity contribution is 5.89. The number of hydrogen-bond donors (Lipinski definition) is 8. The van der Waals surface area contributed by atoms with Gasteiger partial charge in [-0.3, -0.25) is 0 Å². The van der Waals surface area contributed by atoms with Gasteiger partial charge in [0.15, 0.2) is 53.0 Å². The highest BCUT2D eigenvalue weighted by atomic mass is 16.8. The fourth-order valence-electron chi connectivity index (χ4n) is 6.95. The molecule has 2 fully saturated rings. The molecule has 3 aromatic carbocycles. The minimum absolute atomic E-state index is 0.00590. The second-order valence-electron chi connectivity index (χ2n) is 14.7. The monoisotopic (exact) mass is 960 g/mol. The van der Waals surface area contributed by atoms with Crippen molar-refractivity contribution < 1.29 is 112 Å². The molecule has 0 bridgehead atoms. The molecule has 3 aromatic rings. The lowest BCUT2D eigenvalue weighted by atomic mass is 9.98. The molecule has 1 unspecified atom stereocenters. The minimum atomic E-state index is -2.68. The van der Waals surface area contributed by atoms with E-state index in [0.29, 0.717) is 5.56 Å². The van der Waals surface area contributed by atoms with Crippen LogP contribution in [-0.2, 0) is 42.8 Å². The Labute approximate surface area is 388 Å². The normalized spacial score (nSPS) is 24.8. The van der Waals surface area contributed by atoms with Gasteiger partial charge in [0.1, 0.15) is 43.7 Å². The van der Waals surface area contributed by atoms with Crippen molar-refractivity contribution in [3.05, 3.63) is 71.3 Å². The first kappa shape index (κ1) is 52.1. The van der Waals surface area contributed by atoms with Crippen molar-refractivity contribution in [2.45, 2.75) is 54.8 Å². The van der Waals surface area contributed by atoms with Crippen LogP contribution in [0.25, 0.3) is 18.2 Å². The maximum atomic E-state index is 13.6. The Kier molecular flexibility index (Phi) is 17.8. The van der Waals surface area contributed by atoms with Crippen LogP contribution in [0.5, 0.6) is 51.7 Å². The number of aliphatic hydroxyl groups excluding tert-OH is 5. The molecule has 2 saturated heterocycles. The fourth-order valence-corrected chi connectivity index (χ4v) is 6.95. The number of methoxy groups -OCH3 is 6. The SMILES string of the molecule is COc1cc(/C=C/C(=O)OC[C@H]2O[C@H](O[C@]3(CO)O[C@H](CO)C(OC(=O)/C=C/c4cc(OC)c(O)c(OC)c4)[C@@H]3OC(=O)/C=C/c3cc(OC)c(O)c(OC)c3)[C@H](O)[C@@H](O)[C@@H]2O)cc(OC)c1O. The number of phenols is 3. The summed E-state index contributed by atoms with van der Waals surface area (Å²) >= 11 is 0. The van der Waals surface area contributed by atoms with Crippen molar-refractivity contribution in [1.29, 1.82) is 0 Å². The van der Waals surface area contributed by atoms with E-state index in [2.05, 4.69) is 0 Å². The van der Waals surface area contributed by atoms with Gasteiger partial charge in [-0.25, -0.2) is 14.4 Å². The number of phenolic OH excluding ortho intramolecular Hbond substituents is 3. The van der Waals surface area contributed by atoms with Gasteiger partial charge in [-0.2, -0.15) is 0 Å². The van der Waals surface area contributed by atoms with E-state index in [-0.39, 0.29) is 62.9 Å². The number of aromatic hydroxyl groups is 3. The Balaban J connectivity index is 1.42. The van der Waals surface area contributed by atoms with Crippen molar-refractivity contribution in [3.63, 3.8) is 0 Å². The maximum Gasteiger partial charge on any atom is 0.331 e. The molecule has 0 radical (unpaired) electrons. The third kappa shape index (κ3) is 11.8. The van der Waals surface area contributed by atoms with E-state index in [1.54, 1.807) is 0 Å². The van der Waals surface area contributed by atoms with Gasteiger partial charge in [-0.05, 0) is 71.3 Å². The van der Waals surface area contributed by atoms with Gasteiger partial charge in [-0.15, -0.1) is 0 Å². The third-order valence-electron chi connectivity index (χ3n) is 10.5. The molecule has 2 aliphatic heterocycles. The maximum absolute atomic E-state index is 13.6. The Morgan fingerprint density at radius 2 is 0.971 bits per heavy atom. The Hall–Kier alpha value is -6.83. The van der Waals surface area contributed by atoms with Gasteiger partial charge in [0.05, 0.1) is 49.3 Å². The molecule has 0 aromatic heterocycles. The summed E-state index contributed by atoms with van der Waals surface area (Å²) in [5, 5.41) is 85.1. The number of carbonyl (C=O) groups excluding carboxylic acids is 3. The standard InChI is InChI=1S/C45H52O23/c1-57-25-13-22(14-26(58-2)36(25)51)7-10-33(48)63-20-32-39(54)40(55)41(56)44(64-32)68-45(21-47)43(66-35(50)12-9-24-17-29(61-5)38(53)30(18-24)62-6)42(31(19-46)67-45)65-34(49)11-8-23-15-27(59-3)37(52)28(16-23)60-4/h7-18,31-32,39-44,46-47,51-56H,19-21H2,1-6H3/b10-7+,11-8+,12-9+/t31-,32-,39-,40+,41-,42?,43+,44-,45+/m1/s1. The van der Waals surface area contributed by atoms with Gasteiger partial charge in [0, 0.05) is 18.2 Å². The third-order valence-corrected chi connectivity index (χ3v) is 10.5. The number of hydrogen-bond acceptors (Lipinski definition) is 23. The van der Waals surface area contributed by atoms with E-state index in [1.807, 2.05) is 0 Å². The van der Waals surface area contributed by atoms with E-state index < -0.39 is 92.5 Å². The van der Waals surface area contributed by atoms with Gasteiger partial charge >= 0.3 is 17.9 Å². The molecule has 0 saturated carbocycles. The Morgan fingerprint density at radius 1 is 0.574 bits per heavy atom. The number of esters is 3. The van der Waals surface area contributed by atoms with Gasteiger partial charge in [0.2, 0.25) is 23.0 Å². The van der Waals surface area contributed by atoms with E-state index >= 15 is 0 Å². The van der Waals surface area contributed by atoms with E-state index in [9.17, 15) is 55.2 Å². The van der Waals surface area contributed by atoms with Gasteiger partial charge in [-0.1, -0.05) is 0 Å². The summed E-state index contributed by atoms with van der Waals surface area (Å²) < 4.78 is 65.0. The molecule has 370 valence electrons. The number of aliphatic hydroxyl groups is 5. The molecular formula is C45H52O23. The van der Waals surface area contributed by atoms with Crippen LogP contribution in [0, 0.1) is 0 Å². The quantitative estimate of drug-likeness (QED) is 0.0436. The predicted molar refractivity (Wildman–Crippen MR) is 231 cm³/mol. The molecule has 68 heavy (non-hydrogen) atoms. The fraction of sp³-hybridized carbons (Fsp3) is 0.400. The van der Waals surface area contributed by atoms with E-state index in [0.717, 1.165) is 18.2 Å². The lowest BCUT2D eigenvalue weighted by Crippen LogP contribution is -2.63. The summed E-state index contributed by atoms with van der Waals surface area (Å²) in [6, 6.07) is 8.26. The van der Waals surface area contributed by atoms with Crippen LogP contribution in [0.2, 0.25) is 0 Å². The molecule has 2 heterocycles. The molecule has 23 nitrogen and oxygen atoms in total. The largest absolute Gasteiger partial charge is 0.502 e. The van der Waals surface area contributed by atoms with Crippen LogP contribution in [0.4, 0.5) is 0 Å². The molecule has 0 amide bonds. The van der Waals surface area contributed by atoms with Crippen molar-refractivity contribution in [3.8, 4) is 51.7 Å². The zero-order valence-electron chi connectivity index (χ0n) is 37.4. The van der Waals surface area contributed by atoms with Crippen LogP contribution in [0.3, 0.4) is 0 Å². The van der Waals surface area contributed by atoms with Crippen molar-refractivity contribution in [1.82, 2.24) is 0 Å². The highest BCUT2D eigenvalue weighted by Gasteiger charge is 2.62. The second-order valence-corrected chi connectivity index (χ2v) is 14.7. The highest BCUT2D eigenvalue weighted by Crippen LogP contribution is 2.42. The first-order valence-corrected chi connectivity index (χ1v) is 20.2. The Morgan fingerprint density at radius 3 is 1.35 bits per heavy atom. The zero-order valence-corrected chi connectivity index (χ0v) is 37.4. The number of ether oxygens (including phenoxy) is 12. The summed E-state index contributed by atoms with van der Waals surface area (Å²) in [4.78, 5) is 39.8. The molecule has 5 rings (SSSR count). The van der Waals surface area contributed by atoms with Crippen LogP contribution in [0.1, 0.15) is 16.7 Å². The van der Waals surface area contributed by atoms with E-state index in [1.165, 1.54) is 97.3 Å². The van der Waals surface area contributed by atoms with Crippen molar-refractivity contribution in [2.24, 2.45) is 0 Å². The Bertz CT molecular complexity index is 2270. The molecule has 0 aliphatic carbocycles. The van der Waals surface area contributed by atoms with Crippen molar-refractivity contribution >= 4 is 36.1 Å². The zero-order chi connectivity index (χ0) is 49.9. The van der Waals surface area contributed by atoms with Crippen LogP contribution >= 0.6 is 0 Å². The summed E-state index contributed by atoms with van der Waals surface area (Å²) in [5.74, 6) is -6.79. The van der Waals surface area contributed by atoms with Gasteiger partial charge < -0.3 is 97.7 Å². The van der Waals surface area contributed by atoms with Crippen LogP contribution in [-0.4, -0.2) is 176 Å². The van der Waals surface area contributed by atoms with Crippen molar-refractivity contribution in [2.75, 3.05) is 62.5 Å². The summed E-state index contributed by atoms with van der Waals surface area (Å²) in [6.45, 7) is -2.98.